The predicted octanol–water partition coefficient (Wildman–Crippen LogP) is 2.34. The number of halogens is 1. The van der Waals surface area contributed by atoms with E-state index in [0.29, 0.717) is 5.75 Å². The molecule has 0 aliphatic heterocycles. The molecule has 0 spiro atoms. The summed E-state index contributed by atoms with van der Waals surface area (Å²) in [5.74, 6) is 6.03. The number of aromatic nitrogens is 2. The van der Waals surface area contributed by atoms with Crippen LogP contribution in [0.5, 0.6) is 0 Å². The molecule has 0 radical (unpaired) electrons. The van der Waals surface area contributed by atoms with Crippen LogP contribution in [0.25, 0.3) is 0 Å². The summed E-state index contributed by atoms with van der Waals surface area (Å²) in [5, 5.41) is 0. The number of thioether (sulfide) groups is 1. The van der Waals surface area contributed by atoms with Gasteiger partial charge in [-0.1, -0.05) is 6.07 Å². The van der Waals surface area contributed by atoms with Crippen LogP contribution in [0.4, 0.5) is 4.39 Å². The van der Waals surface area contributed by atoms with Crippen molar-refractivity contribution in [2.24, 2.45) is 5.84 Å². The van der Waals surface area contributed by atoms with Gasteiger partial charge in [0, 0.05) is 23.4 Å². The summed E-state index contributed by atoms with van der Waals surface area (Å²) < 4.78 is 15.1. The van der Waals surface area contributed by atoms with Gasteiger partial charge in [-0.15, -0.1) is 11.8 Å². The first-order valence-corrected chi connectivity index (χ1v) is 7.07. The van der Waals surface area contributed by atoms with Crippen molar-refractivity contribution in [3.63, 3.8) is 0 Å². The molecular weight excluding hydrogens is 263 g/mol. The van der Waals surface area contributed by atoms with Crippen molar-refractivity contribution in [3.8, 4) is 0 Å². The molecule has 1 aromatic heterocycles. The van der Waals surface area contributed by atoms with Crippen LogP contribution in [0, 0.1) is 5.82 Å². The fourth-order valence-electron chi connectivity index (χ4n) is 1.69. The second-order valence-electron chi connectivity index (χ2n) is 4.12. The minimum Gasteiger partial charge on any atom is -0.337 e. The molecule has 19 heavy (non-hydrogen) atoms. The van der Waals surface area contributed by atoms with E-state index in [2.05, 4.69) is 17.3 Å². The molecule has 1 atom stereocenters. The van der Waals surface area contributed by atoms with Gasteiger partial charge in [-0.2, -0.15) is 0 Å². The molecule has 1 unspecified atom stereocenters. The van der Waals surface area contributed by atoms with Gasteiger partial charge in [-0.3, -0.25) is 11.3 Å². The number of rotatable bonds is 6. The molecule has 2 rings (SSSR count). The number of nitrogens with one attached hydrogen (secondary N) is 1. The Morgan fingerprint density at radius 1 is 1.53 bits per heavy atom. The maximum atomic E-state index is 13.1. The van der Waals surface area contributed by atoms with Gasteiger partial charge in [0.05, 0.1) is 18.1 Å². The normalized spacial score (nSPS) is 12.6. The number of aryl methyl sites for hydroxylation is 1. The average molecular weight is 280 g/mol. The SMILES string of the molecule is CCn1cnc(C(CSc2cccc(F)c2)NN)c1. The Bertz CT molecular complexity index is 529. The molecule has 0 saturated heterocycles. The molecule has 3 N–H and O–H groups in total. The Morgan fingerprint density at radius 3 is 3.00 bits per heavy atom. The zero-order valence-corrected chi connectivity index (χ0v) is 11.5. The Hall–Kier alpha value is -1.37. The number of hydrogen-bond acceptors (Lipinski definition) is 4. The highest BCUT2D eigenvalue weighted by atomic mass is 32.2. The van der Waals surface area contributed by atoms with E-state index in [1.54, 1.807) is 24.2 Å². The lowest BCUT2D eigenvalue weighted by Crippen LogP contribution is -2.30. The van der Waals surface area contributed by atoms with Crippen molar-refractivity contribution in [1.29, 1.82) is 0 Å². The van der Waals surface area contributed by atoms with E-state index >= 15 is 0 Å². The van der Waals surface area contributed by atoms with Gasteiger partial charge in [0.2, 0.25) is 0 Å². The Balaban J connectivity index is 1.99. The molecular formula is C13H17FN4S. The topological polar surface area (TPSA) is 55.9 Å². The maximum absolute atomic E-state index is 13.1. The van der Waals surface area contributed by atoms with Crippen LogP contribution in [-0.4, -0.2) is 15.3 Å². The van der Waals surface area contributed by atoms with Gasteiger partial charge < -0.3 is 4.57 Å². The molecule has 4 nitrogen and oxygen atoms in total. The first kappa shape index (κ1) is 14.0. The highest BCUT2D eigenvalue weighted by molar-refractivity contribution is 7.99. The summed E-state index contributed by atoms with van der Waals surface area (Å²) in [6, 6.07) is 6.48. The number of hydrogen-bond donors (Lipinski definition) is 2. The highest BCUT2D eigenvalue weighted by Gasteiger charge is 2.13. The van der Waals surface area contributed by atoms with E-state index in [9.17, 15) is 4.39 Å². The van der Waals surface area contributed by atoms with E-state index in [4.69, 9.17) is 5.84 Å². The van der Waals surface area contributed by atoms with Gasteiger partial charge in [-0.25, -0.2) is 9.37 Å². The molecule has 0 bridgehead atoms. The molecule has 0 amide bonds. The zero-order valence-electron chi connectivity index (χ0n) is 10.7. The van der Waals surface area contributed by atoms with Gasteiger partial charge in [0.25, 0.3) is 0 Å². The largest absolute Gasteiger partial charge is 0.337 e. The minimum atomic E-state index is -0.225. The summed E-state index contributed by atoms with van der Waals surface area (Å²) in [6.45, 7) is 2.93. The molecule has 2 aromatic rings. The molecule has 0 saturated carbocycles. The van der Waals surface area contributed by atoms with Crippen molar-refractivity contribution in [2.45, 2.75) is 24.4 Å². The van der Waals surface area contributed by atoms with Crippen LogP contribution in [0.3, 0.4) is 0 Å². The fourth-order valence-corrected chi connectivity index (χ4v) is 2.68. The highest BCUT2D eigenvalue weighted by Crippen LogP contribution is 2.24. The molecule has 6 heteroatoms. The minimum absolute atomic E-state index is 0.0546. The van der Waals surface area contributed by atoms with Gasteiger partial charge >= 0.3 is 0 Å². The predicted molar refractivity (Wildman–Crippen MR) is 75.1 cm³/mol. The van der Waals surface area contributed by atoms with Gasteiger partial charge in [-0.05, 0) is 25.1 Å². The third-order valence-corrected chi connectivity index (χ3v) is 3.88. The Morgan fingerprint density at radius 2 is 2.37 bits per heavy atom. The third kappa shape index (κ3) is 3.79. The number of hydrazine groups is 1. The maximum Gasteiger partial charge on any atom is 0.124 e. The molecule has 0 fully saturated rings. The lowest BCUT2D eigenvalue weighted by molar-refractivity contribution is 0.596. The average Bonchev–Trinajstić information content (AvgIpc) is 2.88. The van der Waals surface area contributed by atoms with Crippen LogP contribution >= 0.6 is 11.8 Å². The van der Waals surface area contributed by atoms with Crippen LogP contribution in [0.15, 0.2) is 41.7 Å². The van der Waals surface area contributed by atoms with E-state index in [1.165, 1.54) is 12.1 Å². The number of imidazole rings is 1. The van der Waals surface area contributed by atoms with Crippen molar-refractivity contribution >= 4 is 11.8 Å². The Labute approximate surface area is 116 Å². The lowest BCUT2D eigenvalue weighted by atomic mass is 10.3. The van der Waals surface area contributed by atoms with Gasteiger partial charge in [0.1, 0.15) is 5.82 Å². The number of nitrogens with zero attached hydrogens (tertiary/aromatic N) is 2. The second kappa shape index (κ2) is 6.70. The first-order chi connectivity index (χ1) is 9.22. The van der Waals surface area contributed by atoms with E-state index < -0.39 is 0 Å². The Kier molecular flexibility index (Phi) is 4.95. The second-order valence-corrected chi connectivity index (χ2v) is 5.21. The fraction of sp³-hybridized carbons (Fsp3) is 0.308. The zero-order chi connectivity index (χ0) is 13.7. The smallest absolute Gasteiger partial charge is 0.124 e. The van der Waals surface area contributed by atoms with Crippen LogP contribution < -0.4 is 11.3 Å². The summed E-state index contributed by atoms with van der Waals surface area (Å²) in [4.78, 5) is 5.21. The van der Waals surface area contributed by atoms with E-state index in [-0.39, 0.29) is 11.9 Å². The molecule has 0 aliphatic carbocycles. The summed E-state index contributed by atoms with van der Waals surface area (Å²) in [5.41, 5.74) is 3.65. The quantitative estimate of drug-likeness (QED) is 0.484. The molecule has 0 aliphatic rings. The molecule has 1 heterocycles. The van der Waals surface area contributed by atoms with Crippen molar-refractivity contribution in [2.75, 3.05) is 5.75 Å². The van der Waals surface area contributed by atoms with Crippen molar-refractivity contribution in [1.82, 2.24) is 15.0 Å². The molecule has 1 aromatic carbocycles. The third-order valence-electron chi connectivity index (χ3n) is 2.79. The van der Waals surface area contributed by atoms with E-state index in [1.807, 2.05) is 16.8 Å². The number of benzene rings is 1. The van der Waals surface area contributed by atoms with Crippen LogP contribution in [-0.2, 0) is 6.54 Å². The number of nitrogens with two attached hydrogens (primary N) is 1. The summed E-state index contributed by atoms with van der Waals surface area (Å²) >= 11 is 1.55. The van der Waals surface area contributed by atoms with Crippen molar-refractivity contribution in [3.05, 3.63) is 48.3 Å². The van der Waals surface area contributed by atoms with Gasteiger partial charge in [0.15, 0.2) is 0 Å². The summed E-state index contributed by atoms with van der Waals surface area (Å²) in [6.07, 6.45) is 3.75. The van der Waals surface area contributed by atoms with Crippen LogP contribution in [0.2, 0.25) is 0 Å². The summed E-state index contributed by atoms with van der Waals surface area (Å²) in [7, 11) is 0. The standard InChI is InChI=1S/C13H17FN4S/c1-2-18-7-12(16-9-18)13(17-15)8-19-11-5-3-4-10(14)6-11/h3-7,9,13,17H,2,8,15H2,1H3. The monoisotopic (exact) mass is 280 g/mol. The van der Waals surface area contributed by atoms with Crippen molar-refractivity contribution < 1.29 is 4.39 Å². The molecule has 102 valence electrons. The first-order valence-electron chi connectivity index (χ1n) is 6.09. The lowest BCUT2D eigenvalue weighted by Gasteiger charge is -2.13. The van der Waals surface area contributed by atoms with E-state index in [0.717, 1.165) is 17.1 Å². The van der Waals surface area contributed by atoms with Crippen LogP contribution in [0.1, 0.15) is 18.7 Å².